The van der Waals surface area contributed by atoms with E-state index in [0.29, 0.717) is 27.9 Å². The summed E-state index contributed by atoms with van der Waals surface area (Å²) in [4.78, 5) is 7.50. The van der Waals surface area contributed by atoms with Gasteiger partial charge < -0.3 is 4.98 Å². The molecule has 0 unspecified atom stereocenters. The molecule has 0 saturated carbocycles. The highest BCUT2D eigenvalue weighted by molar-refractivity contribution is 6.42. The minimum atomic E-state index is -0.237. The number of hydrogen-bond donors (Lipinski definition) is 1. The fourth-order valence-corrected chi connectivity index (χ4v) is 2.29. The van der Waals surface area contributed by atoms with E-state index in [9.17, 15) is 4.39 Å². The Morgan fingerprint density at radius 2 is 1.84 bits per heavy atom. The molecule has 1 N–H and O–H groups in total. The van der Waals surface area contributed by atoms with Crippen LogP contribution in [0.25, 0.3) is 11.0 Å². The second kappa shape index (κ2) is 4.83. The van der Waals surface area contributed by atoms with E-state index in [2.05, 4.69) is 9.97 Å². The first-order chi connectivity index (χ1) is 9.13. The molecular formula is C14H9Cl2FN2. The van der Waals surface area contributed by atoms with Gasteiger partial charge in [0.1, 0.15) is 11.6 Å². The van der Waals surface area contributed by atoms with Gasteiger partial charge in [0.05, 0.1) is 21.1 Å². The van der Waals surface area contributed by atoms with E-state index in [0.717, 1.165) is 11.0 Å². The number of nitrogens with zero attached hydrogens (tertiary/aromatic N) is 1. The molecule has 2 aromatic carbocycles. The maximum Gasteiger partial charge on any atom is 0.126 e. The van der Waals surface area contributed by atoms with Crippen molar-refractivity contribution in [1.29, 1.82) is 0 Å². The maximum atomic E-state index is 13.6. The third-order valence-corrected chi connectivity index (χ3v) is 3.61. The molecule has 0 fully saturated rings. The second-order valence-corrected chi connectivity index (χ2v) is 5.05. The van der Waals surface area contributed by atoms with Crippen molar-refractivity contribution in [1.82, 2.24) is 9.97 Å². The van der Waals surface area contributed by atoms with Crippen LogP contribution in [0.1, 0.15) is 11.4 Å². The molecule has 1 aromatic heterocycles. The lowest BCUT2D eigenvalue weighted by Crippen LogP contribution is -1.93. The average molecular weight is 295 g/mol. The number of H-pyrrole nitrogens is 1. The monoisotopic (exact) mass is 294 g/mol. The van der Waals surface area contributed by atoms with Crippen LogP contribution in [0.15, 0.2) is 36.4 Å². The van der Waals surface area contributed by atoms with Gasteiger partial charge in [-0.05, 0) is 23.8 Å². The number of fused-ring (bicyclic) bond motifs is 1. The molecule has 96 valence electrons. The molecule has 0 atom stereocenters. The van der Waals surface area contributed by atoms with E-state index in [1.165, 1.54) is 6.07 Å². The van der Waals surface area contributed by atoms with Gasteiger partial charge in [0.15, 0.2) is 0 Å². The van der Waals surface area contributed by atoms with Crippen molar-refractivity contribution >= 4 is 34.2 Å². The molecule has 0 saturated heterocycles. The summed E-state index contributed by atoms with van der Waals surface area (Å²) in [5, 5.41) is 0.924. The topological polar surface area (TPSA) is 28.7 Å². The van der Waals surface area contributed by atoms with E-state index in [1.54, 1.807) is 30.3 Å². The Hall–Kier alpha value is -1.58. The lowest BCUT2D eigenvalue weighted by molar-refractivity contribution is 0.612. The highest BCUT2D eigenvalue weighted by Gasteiger charge is 2.09. The Morgan fingerprint density at radius 1 is 1.11 bits per heavy atom. The van der Waals surface area contributed by atoms with Crippen LogP contribution in [0.4, 0.5) is 4.39 Å². The zero-order valence-electron chi connectivity index (χ0n) is 9.75. The number of rotatable bonds is 2. The van der Waals surface area contributed by atoms with Gasteiger partial charge in [-0.3, -0.25) is 0 Å². The predicted molar refractivity (Wildman–Crippen MR) is 75.3 cm³/mol. The molecule has 3 aromatic rings. The van der Waals surface area contributed by atoms with Gasteiger partial charge >= 0.3 is 0 Å². The zero-order valence-corrected chi connectivity index (χ0v) is 11.3. The van der Waals surface area contributed by atoms with Crippen LogP contribution in [-0.2, 0) is 6.42 Å². The average Bonchev–Trinajstić information content (AvgIpc) is 2.74. The lowest BCUT2D eigenvalue weighted by atomic mass is 10.1. The molecule has 5 heteroatoms. The summed E-state index contributed by atoms with van der Waals surface area (Å²) in [5.74, 6) is 0.442. The first kappa shape index (κ1) is 12.5. The number of aromatic amines is 1. The van der Waals surface area contributed by atoms with E-state index < -0.39 is 0 Å². The number of aromatic nitrogens is 2. The Kier molecular flexibility index (Phi) is 3.17. The summed E-state index contributed by atoms with van der Waals surface area (Å²) in [6.45, 7) is 0. The molecule has 1 heterocycles. The highest BCUT2D eigenvalue weighted by Crippen LogP contribution is 2.27. The van der Waals surface area contributed by atoms with Crippen molar-refractivity contribution in [3.05, 3.63) is 63.6 Å². The molecule has 3 rings (SSSR count). The fourth-order valence-electron chi connectivity index (χ4n) is 1.96. The first-order valence-corrected chi connectivity index (χ1v) is 6.46. The molecule has 0 aliphatic rings. The molecule has 0 amide bonds. The number of hydrogen-bond acceptors (Lipinski definition) is 1. The Morgan fingerprint density at radius 3 is 2.63 bits per heavy atom. The standard InChI is InChI=1S/C14H9Cl2FN2/c15-9-6-12-13(7-10(9)16)19-14(18-12)5-8-3-1-2-4-11(8)17/h1-4,6-7H,5H2,(H,18,19). The Balaban J connectivity index is 2.00. The summed E-state index contributed by atoms with van der Waals surface area (Å²) in [7, 11) is 0. The highest BCUT2D eigenvalue weighted by atomic mass is 35.5. The largest absolute Gasteiger partial charge is 0.342 e. The summed E-state index contributed by atoms with van der Waals surface area (Å²) in [6.07, 6.45) is 0.399. The molecule has 0 aliphatic heterocycles. The normalized spacial score (nSPS) is 11.1. The van der Waals surface area contributed by atoms with Crippen molar-refractivity contribution in [3.8, 4) is 0 Å². The molecule has 2 nitrogen and oxygen atoms in total. The van der Waals surface area contributed by atoms with Crippen LogP contribution in [0, 0.1) is 5.82 Å². The Bertz CT molecular complexity index is 713. The summed E-state index contributed by atoms with van der Waals surface area (Å²) < 4.78 is 13.6. The molecule has 0 radical (unpaired) electrons. The van der Waals surface area contributed by atoms with Gasteiger partial charge in [0.2, 0.25) is 0 Å². The number of benzene rings is 2. The number of imidazole rings is 1. The summed E-state index contributed by atoms with van der Waals surface area (Å²) in [6, 6.07) is 10.1. The summed E-state index contributed by atoms with van der Waals surface area (Å²) in [5.41, 5.74) is 2.11. The van der Waals surface area contributed by atoms with Gasteiger partial charge in [-0.15, -0.1) is 0 Å². The number of halogens is 3. The first-order valence-electron chi connectivity index (χ1n) is 5.70. The van der Waals surface area contributed by atoms with Crippen LogP contribution in [0.5, 0.6) is 0 Å². The maximum absolute atomic E-state index is 13.6. The number of nitrogens with one attached hydrogen (secondary N) is 1. The van der Waals surface area contributed by atoms with Crippen molar-refractivity contribution in [2.45, 2.75) is 6.42 Å². The lowest BCUT2D eigenvalue weighted by Gasteiger charge is -1.99. The summed E-state index contributed by atoms with van der Waals surface area (Å²) >= 11 is 11.9. The van der Waals surface area contributed by atoms with Crippen molar-refractivity contribution in [2.24, 2.45) is 0 Å². The Labute approximate surface area is 119 Å². The van der Waals surface area contributed by atoms with E-state index in [-0.39, 0.29) is 5.82 Å². The van der Waals surface area contributed by atoms with Crippen molar-refractivity contribution in [2.75, 3.05) is 0 Å². The molecule has 19 heavy (non-hydrogen) atoms. The third kappa shape index (κ3) is 2.44. The second-order valence-electron chi connectivity index (χ2n) is 4.24. The SMILES string of the molecule is Fc1ccccc1Cc1nc2cc(Cl)c(Cl)cc2[nH]1. The van der Waals surface area contributed by atoms with Crippen LogP contribution in [0.2, 0.25) is 10.0 Å². The molecule has 0 spiro atoms. The van der Waals surface area contributed by atoms with Crippen LogP contribution in [-0.4, -0.2) is 9.97 Å². The van der Waals surface area contributed by atoms with E-state index in [4.69, 9.17) is 23.2 Å². The zero-order chi connectivity index (χ0) is 13.4. The minimum Gasteiger partial charge on any atom is -0.342 e. The minimum absolute atomic E-state index is 0.237. The van der Waals surface area contributed by atoms with E-state index in [1.807, 2.05) is 0 Å². The third-order valence-electron chi connectivity index (χ3n) is 2.89. The van der Waals surface area contributed by atoms with Gasteiger partial charge in [0.25, 0.3) is 0 Å². The molecule has 0 bridgehead atoms. The fraction of sp³-hybridized carbons (Fsp3) is 0.0714. The molecule has 0 aliphatic carbocycles. The van der Waals surface area contributed by atoms with Crippen LogP contribution < -0.4 is 0 Å². The smallest absolute Gasteiger partial charge is 0.126 e. The van der Waals surface area contributed by atoms with Gasteiger partial charge in [-0.25, -0.2) is 9.37 Å². The predicted octanol–water partition coefficient (Wildman–Crippen LogP) is 4.60. The van der Waals surface area contributed by atoms with Crippen LogP contribution >= 0.6 is 23.2 Å². The van der Waals surface area contributed by atoms with Gasteiger partial charge in [-0.2, -0.15) is 0 Å². The van der Waals surface area contributed by atoms with Crippen molar-refractivity contribution < 1.29 is 4.39 Å². The quantitative estimate of drug-likeness (QED) is 0.735. The van der Waals surface area contributed by atoms with Gasteiger partial charge in [-0.1, -0.05) is 41.4 Å². The van der Waals surface area contributed by atoms with E-state index >= 15 is 0 Å². The molecular weight excluding hydrogens is 286 g/mol. The van der Waals surface area contributed by atoms with Crippen LogP contribution in [0.3, 0.4) is 0 Å². The van der Waals surface area contributed by atoms with Crippen molar-refractivity contribution in [3.63, 3.8) is 0 Å². The van der Waals surface area contributed by atoms with Gasteiger partial charge in [0, 0.05) is 6.42 Å².